The Morgan fingerprint density at radius 2 is 1.46 bits per heavy atom. The summed E-state index contributed by atoms with van der Waals surface area (Å²) in [6, 6.07) is 24.1. The van der Waals surface area contributed by atoms with E-state index < -0.39 is 0 Å². The van der Waals surface area contributed by atoms with E-state index in [1.165, 1.54) is 0 Å². The first kappa shape index (κ1) is 19.2. The van der Waals surface area contributed by atoms with Gasteiger partial charge in [-0.25, -0.2) is 4.79 Å². The standard InChI is InChI=1S/C23H21NO4/c1-2-27-23(26)19-8-12-20(13-9-19)24-22(25)16-28-21-14-10-18(11-15-21)17-6-4-3-5-7-17/h3-15H,2,16H2,1H3,(H,24,25). The van der Waals surface area contributed by atoms with E-state index in [-0.39, 0.29) is 18.5 Å². The van der Waals surface area contributed by atoms with Gasteiger partial charge in [0.15, 0.2) is 6.61 Å². The quantitative estimate of drug-likeness (QED) is 0.616. The van der Waals surface area contributed by atoms with Crippen LogP contribution in [0, 0.1) is 0 Å². The number of ether oxygens (including phenoxy) is 2. The van der Waals surface area contributed by atoms with Crippen LogP contribution in [0.2, 0.25) is 0 Å². The van der Waals surface area contributed by atoms with Gasteiger partial charge < -0.3 is 14.8 Å². The highest BCUT2D eigenvalue weighted by atomic mass is 16.5. The minimum absolute atomic E-state index is 0.107. The van der Waals surface area contributed by atoms with E-state index in [2.05, 4.69) is 5.32 Å². The molecule has 0 heterocycles. The molecule has 28 heavy (non-hydrogen) atoms. The summed E-state index contributed by atoms with van der Waals surface area (Å²) < 4.78 is 10.5. The molecule has 0 spiro atoms. The van der Waals surface area contributed by atoms with Crippen molar-refractivity contribution in [2.45, 2.75) is 6.92 Å². The molecular formula is C23H21NO4. The third-order valence-electron chi connectivity index (χ3n) is 4.01. The zero-order valence-corrected chi connectivity index (χ0v) is 15.6. The first-order valence-corrected chi connectivity index (χ1v) is 9.01. The summed E-state index contributed by atoms with van der Waals surface area (Å²) in [4.78, 5) is 23.7. The summed E-state index contributed by atoms with van der Waals surface area (Å²) in [6.45, 7) is 1.97. The minimum atomic E-state index is -0.386. The number of carbonyl (C=O) groups excluding carboxylic acids is 2. The van der Waals surface area contributed by atoms with E-state index in [0.717, 1.165) is 11.1 Å². The molecule has 3 aromatic carbocycles. The summed E-state index contributed by atoms with van der Waals surface area (Å²) >= 11 is 0. The van der Waals surface area contributed by atoms with Gasteiger partial charge in [-0.05, 0) is 54.4 Å². The van der Waals surface area contributed by atoms with Crippen LogP contribution in [-0.2, 0) is 9.53 Å². The fraction of sp³-hybridized carbons (Fsp3) is 0.130. The highest BCUT2D eigenvalue weighted by Crippen LogP contribution is 2.22. The molecule has 0 aliphatic heterocycles. The Morgan fingerprint density at radius 1 is 0.821 bits per heavy atom. The zero-order chi connectivity index (χ0) is 19.8. The van der Waals surface area contributed by atoms with Crippen molar-refractivity contribution in [1.82, 2.24) is 0 Å². The van der Waals surface area contributed by atoms with Crippen molar-refractivity contribution < 1.29 is 19.1 Å². The van der Waals surface area contributed by atoms with Gasteiger partial charge in [-0.1, -0.05) is 42.5 Å². The predicted octanol–water partition coefficient (Wildman–Crippen LogP) is 4.55. The molecule has 0 saturated carbocycles. The van der Waals surface area contributed by atoms with Gasteiger partial charge in [0.05, 0.1) is 12.2 Å². The molecule has 0 fully saturated rings. The largest absolute Gasteiger partial charge is 0.484 e. The molecule has 0 saturated heterocycles. The van der Waals surface area contributed by atoms with E-state index in [4.69, 9.17) is 9.47 Å². The maximum Gasteiger partial charge on any atom is 0.338 e. The molecular weight excluding hydrogens is 354 g/mol. The molecule has 5 heteroatoms. The lowest BCUT2D eigenvalue weighted by Crippen LogP contribution is -2.20. The molecule has 0 aliphatic rings. The van der Waals surface area contributed by atoms with Crippen LogP contribution in [0.5, 0.6) is 5.75 Å². The van der Waals surface area contributed by atoms with Crippen molar-refractivity contribution in [3.8, 4) is 16.9 Å². The highest BCUT2D eigenvalue weighted by molar-refractivity contribution is 5.93. The van der Waals surface area contributed by atoms with Crippen LogP contribution in [0.4, 0.5) is 5.69 Å². The number of anilines is 1. The van der Waals surface area contributed by atoms with Crippen LogP contribution in [-0.4, -0.2) is 25.1 Å². The molecule has 0 radical (unpaired) electrons. The number of hydrogen-bond acceptors (Lipinski definition) is 4. The molecule has 1 amide bonds. The van der Waals surface area contributed by atoms with Crippen molar-refractivity contribution in [1.29, 1.82) is 0 Å². The summed E-state index contributed by atoms with van der Waals surface area (Å²) in [6.07, 6.45) is 0. The molecule has 3 rings (SSSR count). The van der Waals surface area contributed by atoms with Crippen molar-refractivity contribution in [2.75, 3.05) is 18.5 Å². The highest BCUT2D eigenvalue weighted by Gasteiger charge is 2.08. The number of esters is 1. The molecule has 5 nitrogen and oxygen atoms in total. The Balaban J connectivity index is 1.51. The first-order chi connectivity index (χ1) is 13.7. The molecule has 142 valence electrons. The number of amides is 1. The second-order valence-electron chi connectivity index (χ2n) is 6.03. The number of benzene rings is 3. The lowest BCUT2D eigenvalue weighted by atomic mass is 10.1. The summed E-state index contributed by atoms with van der Waals surface area (Å²) in [7, 11) is 0. The fourth-order valence-electron chi connectivity index (χ4n) is 2.62. The van der Waals surface area contributed by atoms with Crippen molar-refractivity contribution in [3.05, 3.63) is 84.4 Å². The lowest BCUT2D eigenvalue weighted by molar-refractivity contribution is -0.118. The van der Waals surface area contributed by atoms with Crippen molar-refractivity contribution in [3.63, 3.8) is 0 Å². The molecule has 0 aromatic heterocycles. The fourth-order valence-corrected chi connectivity index (χ4v) is 2.62. The van der Waals surface area contributed by atoms with E-state index in [1.54, 1.807) is 31.2 Å². The van der Waals surface area contributed by atoms with Gasteiger partial charge in [0.1, 0.15) is 5.75 Å². The molecule has 0 unspecified atom stereocenters. The minimum Gasteiger partial charge on any atom is -0.484 e. The maximum absolute atomic E-state index is 12.1. The predicted molar refractivity (Wildman–Crippen MR) is 108 cm³/mol. The molecule has 0 bridgehead atoms. The van der Waals surface area contributed by atoms with Crippen LogP contribution in [0.3, 0.4) is 0 Å². The van der Waals surface area contributed by atoms with E-state index in [0.29, 0.717) is 23.6 Å². The monoisotopic (exact) mass is 375 g/mol. The third-order valence-corrected chi connectivity index (χ3v) is 4.01. The van der Waals surface area contributed by atoms with Crippen LogP contribution in [0.15, 0.2) is 78.9 Å². The van der Waals surface area contributed by atoms with Gasteiger partial charge in [-0.3, -0.25) is 4.79 Å². The maximum atomic E-state index is 12.1. The van der Waals surface area contributed by atoms with Crippen molar-refractivity contribution >= 4 is 17.6 Å². The summed E-state index contributed by atoms with van der Waals surface area (Å²) in [5, 5.41) is 2.73. The van der Waals surface area contributed by atoms with Gasteiger partial charge in [0.2, 0.25) is 0 Å². The van der Waals surface area contributed by atoms with Gasteiger partial charge in [0.25, 0.3) is 5.91 Å². The molecule has 1 N–H and O–H groups in total. The van der Waals surface area contributed by atoms with E-state index in [1.807, 2.05) is 54.6 Å². The normalized spacial score (nSPS) is 10.2. The first-order valence-electron chi connectivity index (χ1n) is 9.01. The number of hydrogen-bond donors (Lipinski definition) is 1. The zero-order valence-electron chi connectivity index (χ0n) is 15.6. The van der Waals surface area contributed by atoms with Gasteiger partial charge >= 0.3 is 5.97 Å². The second-order valence-corrected chi connectivity index (χ2v) is 6.03. The van der Waals surface area contributed by atoms with Crippen LogP contribution >= 0.6 is 0 Å². The number of carbonyl (C=O) groups is 2. The Bertz CT molecular complexity index is 919. The van der Waals surface area contributed by atoms with Crippen LogP contribution in [0.25, 0.3) is 11.1 Å². The summed E-state index contributed by atoms with van der Waals surface area (Å²) in [5.41, 5.74) is 3.23. The Hall–Kier alpha value is -3.60. The Morgan fingerprint density at radius 3 is 2.11 bits per heavy atom. The second kappa shape index (κ2) is 9.37. The average Bonchev–Trinajstić information content (AvgIpc) is 2.74. The van der Waals surface area contributed by atoms with E-state index >= 15 is 0 Å². The topological polar surface area (TPSA) is 64.6 Å². The SMILES string of the molecule is CCOC(=O)c1ccc(NC(=O)COc2ccc(-c3ccccc3)cc2)cc1. The van der Waals surface area contributed by atoms with Gasteiger partial charge in [-0.15, -0.1) is 0 Å². The lowest BCUT2D eigenvalue weighted by Gasteiger charge is -2.09. The molecule has 0 aliphatic carbocycles. The average molecular weight is 375 g/mol. The summed E-state index contributed by atoms with van der Waals surface area (Å²) in [5.74, 6) is -0.0498. The van der Waals surface area contributed by atoms with Gasteiger partial charge in [-0.2, -0.15) is 0 Å². The number of nitrogens with one attached hydrogen (secondary N) is 1. The number of rotatable bonds is 7. The van der Waals surface area contributed by atoms with Crippen LogP contribution in [0.1, 0.15) is 17.3 Å². The van der Waals surface area contributed by atoms with E-state index in [9.17, 15) is 9.59 Å². The molecule has 3 aromatic rings. The van der Waals surface area contributed by atoms with Gasteiger partial charge in [0, 0.05) is 5.69 Å². The molecule has 0 atom stereocenters. The smallest absolute Gasteiger partial charge is 0.338 e. The van der Waals surface area contributed by atoms with Crippen LogP contribution < -0.4 is 10.1 Å². The van der Waals surface area contributed by atoms with Crippen molar-refractivity contribution in [2.24, 2.45) is 0 Å². The Labute approximate surface area is 163 Å². The Kier molecular flexibility index (Phi) is 6.41. The third kappa shape index (κ3) is 5.20.